The molecule has 2 aromatic rings. The highest BCUT2D eigenvalue weighted by atomic mass is 16.4. The summed E-state index contributed by atoms with van der Waals surface area (Å²) in [5.41, 5.74) is 2.97. The Labute approximate surface area is 131 Å². The smallest absolute Gasteiger partial charge is 0.291 e. The van der Waals surface area contributed by atoms with Gasteiger partial charge in [-0.05, 0) is 63.0 Å². The van der Waals surface area contributed by atoms with Crippen molar-refractivity contribution in [1.29, 1.82) is 0 Å². The van der Waals surface area contributed by atoms with Crippen LogP contribution in [0.5, 0.6) is 0 Å². The van der Waals surface area contributed by atoms with Gasteiger partial charge in [-0.25, -0.2) is 0 Å². The Morgan fingerprint density at radius 1 is 1.14 bits per heavy atom. The van der Waals surface area contributed by atoms with E-state index < -0.39 is 0 Å². The number of likely N-dealkylation sites (tertiary alicyclic amines) is 1. The zero-order valence-corrected chi connectivity index (χ0v) is 13.2. The molecule has 116 valence electrons. The number of anilines is 1. The Morgan fingerprint density at radius 3 is 2.50 bits per heavy atom. The van der Waals surface area contributed by atoms with E-state index in [9.17, 15) is 4.79 Å². The number of para-hydroxylation sites is 1. The van der Waals surface area contributed by atoms with E-state index in [1.807, 2.05) is 38.1 Å². The highest BCUT2D eigenvalue weighted by molar-refractivity contribution is 6.03. The molecule has 0 atom stereocenters. The van der Waals surface area contributed by atoms with Crippen LogP contribution in [0.25, 0.3) is 0 Å². The van der Waals surface area contributed by atoms with Crippen LogP contribution < -0.4 is 5.32 Å². The van der Waals surface area contributed by atoms with E-state index in [0.29, 0.717) is 5.76 Å². The van der Waals surface area contributed by atoms with Crippen LogP contribution in [0.4, 0.5) is 5.69 Å². The summed E-state index contributed by atoms with van der Waals surface area (Å²) in [6.45, 7) is 7.00. The Balaban J connectivity index is 1.69. The van der Waals surface area contributed by atoms with Crippen molar-refractivity contribution in [2.24, 2.45) is 0 Å². The largest absolute Gasteiger partial charge is 0.455 e. The van der Waals surface area contributed by atoms with Gasteiger partial charge in [0.05, 0.1) is 6.54 Å². The first-order chi connectivity index (χ1) is 10.6. The van der Waals surface area contributed by atoms with Crippen molar-refractivity contribution in [3.05, 3.63) is 53.0 Å². The first kappa shape index (κ1) is 14.9. The van der Waals surface area contributed by atoms with Crippen molar-refractivity contribution in [3.8, 4) is 0 Å². The molecule has 1 amide bonds. The van der Waals surface area contributed by atoms with Crippen molar-refractivity contribution >= 4 is 11.6 Å². The summed E-state index contributed by atoms with van der Waals surface area (Å²) in [7, 11) is 0. The third kappa shape index (κ3) is 3.22. The minimum atomic E-state index is -0.190. The molecule has 0 unspecified atom stereocenters. The highest BCUT2D eigenvalue weighted by Crippen LogP contribution is 2.21. The molecule has 1 aliphatic heterocycles. The summed E-state index contributed by atoms with van der Waals surface area (Å²) in [5.74, 6) is 1.04. The lowest BCUT2D eigenvalue weighted by molar-refractivity contribution is 0.0993. The zero-order chi connectivity index (χ0) is 15.5. The minimum absolute atomic E-state index is 0.190. The maximum absolute atomic E-state index is 12.4. The SMILES string of the molecule is Cc1cccc(C)c1NC(=O)c1ccc(CN2CCCC2)o1. The number of carbonyl (C=O) groups is 1. The number of hydrogen-bond donors (Lipinski definition) is 1. The summed E-state index contributed by atoms with van der Waals surface area (Å²) in [5, 5.41) is 2.96. The molecule has 1 aromatic heterocycles. The molecule has 4 heteroatoms. The lowest BCUT2D eigenvalue weighted by atomic mass is 10.1. The van der Waals surface area contributed by atoms with Gasteiger partial charge < -0.3 is 9.73 Å². The summed E-state index contributed by atoms with van der Waals surface area (Å²) in [6.07, 6.45) is 2.50. The summed E-state index contributed by atoms with van der Waals surface area (Å²) >= 11 is 0. The zero-order valence-electron chi connectivity index (χ0n) is 13.2. The van der Waals surface area contributed by atoms with Crippen LogP contribution in [0, 0.1) is 13.8 Å². The Morgan fingerprint density at radius 2 is 1.82 bits per heavy atom. The molecule has 0 spiro atoms. The number of amides is 1. The maximum Gasteiger partial charge on any atom is 0.291 e. The monoisotopic (exact) mass is 298 g/mol. The van der Waals surface area contributed by atoms with E-state index in [1.165, 1.54) is 12.8 Å². The molecule has 1 aromatic carbocycles. The van der Waals surface area contributed by atoms with Crippen LogP contribution in [0.3, 0.4) is 0 Å². The number of nitrogens with one attached hydrogen (secondary N) is 1. The molecule has 1 N–H and O–H groups in total. The lowest BCUT2D eigenvalue weighted by Crippen LogP contribution is -2.18. The average molecular weight is 298 g/mol. The fourth-order valence-electron chi connectivity index (χ4n) is 2.93. The molecule has 3 rings (SSSR count). The van der Waals surface area contributed by atoms with Crippen molar-refractivity contribution in [2.45, 2.75) is 33.2 Å². The molecule has 4 nitrogen and oxygen atoms in total. The molecular weight excluding hydrogens is 276 g/mol. The van der Waals surface area contributed by atoms with Crippen LogP contribution in [0.1, 0.15) is 40.3 Å². The van der Waals surface area contributed by atoms with Gasteiger partial charge in [-0.3, -0.25) is 9.69 Å². The summed E-state index contributed by atoms with van der Waals surface area (Å²) in [4.78, 5) is 14.7. The van der Waals surface area contributed by atoms with Gasteiger partial charge in [0, 0.05) is 5.69 Å². The molecule has 0 radical (unpaired) electrons. The Hall–Kier alpha value is -2.07. The molecule has 1 fully saturated rings. The van der Waals surface area contributed by atoms with E-state index in [-0.39, 0.29) is 5.91 Å². The van der Waals surface area contributed by atoms with Gasteiger partial charge in [-0.15, -0.1) is 0 Å². The summed E-state index contributed by atoms with van der Waals surface area (Å²) in [6, 6.07) is 9.63. The van der Waals surface area contributed by atoms with E-state index >= 15 is 0 Å². The van der Waals surface area contributed by atoms with Gasteiger partial charge in [-0.2, -0.15) is 0 Å². The number of hydrogen-bond acceptors (Lipinski definition) is 3. The van der Waals surface area contributed by atoms with Crippen molar-refractivity contribution in [3.63, 3.8) is 0 Å². The second-order valence-corrected chi connectivity index (χ2v) is 5.97. The third-order valence-corrected chi connectivity index (χ3v) is 4.18. The number of rotatable bonds is 4. The van der Waals surface area contributed by atoms with Crippen molar-refractivity contribution < 1.29 is 9.21 Å². The Bertz CT molecular complexity index is 649. The predicted octanol–water partition coefficient (Wildman–Crippen LogP) is 3.74. The van der Waals surface area contributed by atoms with Gasteiger partial charge in [0.1, 0.15) is 5.76 Å². The second kappa shape index (κ2) is 6.36. The number of aryl methyl sites for hydroxylation is 2. The van der Waals surface area contributed by atoms with Gasteiger partial charge in [0.15, 0.2) is 5.76 Å². The second-order valence-electron chi connectivity index (χ2n) is 5.97. The standard InChI is InChI=1S/C18H22N2O2/c1-13-6-5-7-14(2)17(13)19-18(21)16-9-8-15(22-16)12-20-10-3-4-11-20/h5-9H,3-4,10-12H2,1-2H3,(H,19,21). The van der Waals surface area contributed by atoms with Crippen molar-refractivity contribution in [1.82, 2.24) is 4.90 Å². The maximum atomic E-state index is 12.4. The third-order valence-electron chi connectivity index (χ3n) is 4.18. The Kier molecular flexibility index (Phi) is 4.29. The fourth-order valence-corrected chi connectivity index (χ4v) is 2.93. The van der Waals surface area contributed by atoms with E-state index in [0.717, 1.165) is 42.2 Å². The van der Waals surface area contributed by atoms with Gasteiger partial charge >= 0.3 is 0 Å². The van der Waals surface area contributed by atoms with Crippen LogP contribution in [0.15, 0.2) is 34.7 Å². The van der Waals surface area contributed by atoms with Gasteiger partial charge in [0.25, 0.3) is 5.91 Å². The summed E-state index contributed by atoms with van der Waals surface area (Å²) < 4.78 is 5.71. The van der Waals surface area contributed by atoms with Crippen LogP contribution in [-0.4, -0.2) is 23.9 Å². The number of nitrogens with zero attached hydrogens (tertiary/aromatic N) is 1. The first-order valence-electron chi connectivity index (χ1n) is 7.82. The van der Waals surface area contributed by atoms with Crippen LogP contribution >= 0.6 is 0 Å². The van der Waals surface area contributed by atoms with E-state index in [1.54, 1.807) is 6.07 Å². The first-order valence-corrected chi connectivity index (χ1v) is 7.82. The predicted molar refractivity (Wildman–Crippen MR) is 87.1 cm³/mol. The van der Waals surface area contributed by atoms with E-state index in [2.05, 4.69) is 10.2 Å². The molecule has 0 saturated carbocycles. The van der Waals surface area contributed by atoms with Gasteiger partial charge in [0.2, 0.25) is 0 Å². The number of carbonyl (C=O) groups excluding carboxylic acids is 1. The topological polar surface area (TPSA) is 45.5 Å². The molecule has 1 saturated heterocycles. The normalized spacial score (nSPS) is 15.2. The van der Waals surface area contributed by atoms with Gasteiger partial charge in [-0.1, -0.05) is 18.2 Å². The molecule has 0 aliphatic carbocycles. The minimum Gasteiger partial charge on any atom is -0.455 e. The number of furan rings is 1. The quantitative estimate of drug-likeness (QED) is 0.935. The van der Waals surface area contributed by atoms with E-state index in [4.69, 9.17) is 4.42 Å². The average Bonchev–Trinajstić information content (AvgIpc) is 3.15. The molecule has 0 bridgehead atoms. The van der Waals surface area contributed by atoms with Crippen molar-refractivity contribution in [2.75, 3.05) is 18.4 Å². The highest BCUT2D eigenvalue weighted by Gasteiger charge is 2.17. The van der Waals surface area contributed by atoms with Crippen LogP contribution in [-0.2, 0) is 6.54 Å². The fraction of sp³-hybridized carbons (Fsp3) is 0.389. The number of benzene rings is 1. The lowest BCUT2D eigenvalue weighted by Gasteiger charge is -2.12. The molecule has 1 aliphatic rings. The molecule has 2 heterocycles. The van der Waals surface area contributed by atoms with Crippen LogP contribution in [0.2, 0.25) is 0 Å². The molecule has 22 heavy (non-hydrogen) atoms. The molecular formula is C18H22N2O2.